The summed E-state index contributed by atoms with van der Waals surface area (Å²) in [6.07, 6.45) is 4.28. The highest BCUT2D eigenvalue weighted by Gasteiger charge is 2.36. The molecule has 1 aliphatic rings. The van der Waals surface area contributed by atoms with Crippen molar-refractivity contribution in [3.63, 3.8) is 0 Å². The Kier molecular flexibility index (Phi) is 3.49. The molecule has 0 N–H and O–H groups in total. The minimum atomic E-state index is 0.482. The highest BCUT2D eigenvalue weighted by molar-refractivity contribution is 5.37. The summed E-state index contributed by atoms with van der Waals surface area (Å²) in [5.74, 6) is 0.999. The second-order valence-electron chi connectivity index (χ2n) is 4.48. The zero-order chi connectivity index (χ0) is 11.5. The van der Waals surface area contributed by atoms with Crippen LogP contribution in [0.5, 0.6) is 5.75 Å². The average molecular weight is 220 g/mol. The van der Waals surface area contributed by atoms with E-state index in [1.807, 2.05) is 0 Å². The summed E-state index contributed by atoms with van der Waals surface area (Å²) in [5, 5.41) is 0. The van der Waals surface area contributed by atoms with E-state index in [1.165, 1.54) is 11.1 Å². The molecule has 2 rings (SSSR count). The highest BCUT2D eigenvalue weighted by atomic mass is 16.6. The third-order valence-electron chi connectivity index (χ3n) is 3.22. The highest BCUT2D eigenvalue weighted by Crippen LogP contribution is 2.31. The van der Waals surface area contributed by atoms with Gasteiger partial charge in [0, 0.05) is 0 Å². The van der Waals surface area contributed by atoms with Gasteiger partial charge in [0.25, 0.3) is 0 Å². The fourth-order valence-corrected chi connectivity index (χ4v) is 2.19. The molecule has 1 heterocycles. The molecule has 1 aromatic carbocycles. The molecule has 1 aromatic rings. The predicted octanol–water partition coefficient (Wildman–Crippen LogP) is 3.11. The van der Waals surface area contributed by atoms with Crippen molar-refractivity contribution in [3.8, 4) is 5.75 Å². The van der Waals surface area contributed by atoms with Crippen molar-refractivity contribution in [2.24, 2.45) is 0 Å². The van der Waals surface area contributed by atoms with E-state index < -0.39 is 0 Å². The Labute approximate surface area is 97.6 Å². The summed E-state index contributed by atoms with van der Waals surface area (Å²) in [5.41, 5.74) is 2.59. The Hall–Kier alpha value is -1.02. The topological polar surface area (TPSA) is 21.8 Å². The minimum absolute atomic E-state index is 0.482. The van der Waals surface area contributed by atoms with Crippen LogP contribution in [0.25, 0.3) is 0 Å². The van der Waals surface area contributed by atoms with Crippen molar-refractivity contribution in [3.05, 3.63) is 29.3 Å². The Morgan fingerprint density at radius 3 is 2.75 bits per heavy atom. The van der Waals surface area contributed by atoms with Crippen molar-refractivity contribution in [2.75, 3.05) is 7.11 Å². The monoisotopic (exact) mass is 220 g/mol. The second kappa shape index (κ2) is 4.88. The zero-order valence-corrected chi connectivity index (χ0v) is 10.3. The van der Waals surface area contributed by atoms with Gasteiger partial charge in [0.05, 0.1) is 19.3 Å². The molecule has 0 amide bonds. The summed E-state index contributed by atoms with van der Waals surface area (Å²) in [6.45, 7) is 4.29. The summed E-state index contributed by atoms with van der Waals surface area (Å²) >= 11 is 0. The predicted molar refractivity (Wildman–Crippen MR) is 65.0 cm³/mol. The first-order valence-electron chi connectivity index (χ1n) is 6.03. The number of epoxide rings is 1. The molecule has 2 unspecified atom stereocenters. The molecule has 16 heavy (non-hydrogen) atoms. The summed E-state index contributed by atoms with van der Waals surface area (Å²) in [6, 6.07) is 6.35. The molecule has 2 atom stereocenters. The van der Waals surface area contributed by atoms with E-state index in [2.05, 4.69) is 32.0 Å². The number of hydrogen-bond donors (Lipinski definition) is 0. The molecule has 88 valence electrons. The lowest BCUT2D eigenvalue weighted by molar-refractivity contribution is 0.358. The molecule has 1 fully saturated rings. The fourth-order valence-electron chi connectivity index (χ4n) is 2.19. The third kappa shape index (κ3) is 2.56. The van der Waals surface area contributed by atoms with Crippen molar-refractivity contribution in [2.45, 2.75) is 45.3 Å². The Morgan fingerprint density at radius 1 is 1.31 bits per heavy atom. The largest absolute Gasteiger partial charge is 0.496 e. The molecule has 0 saturated carbocycles. The van der Waals surface area contributed by atoms with Crippen LogP contribution in [0.2, 0.25) is 0 Å². The Balaban J connectivity index is 1.95. The van der Waals surface area contributed by atoms with E-state index in [1.54, 1.807) is 7.11 Å². The first-order valence-corrected chi connectivity index (χ1v) is 6.03. The van der Waals surface area contributed by atoms with E-state index in [9.17, 15) is 0 Å². The molecule has 1 saturated heterocycles. The molecule has 0 radical (unpaired) electrons. The maximum atomic E-state index is 5.55. The van der Waals surface area contributed by atoms with Crippen molar-refractivity contribution in [1.82, 2.24) is 0 Å². The Morgan fingerprint density at radius 2 is 2.12 bits per heavy atom. The smallest absolute Gasteiger partial charge is 0.122 e. The lowest BCUT2D eigenvalue weighted by Crippen LogP contribution is -1.98. The van der Waals surface area contributed by atoms with Crippen LogP contribution in [0.4, 0.5) is 0 Å². The molecular weight excluding hydrogens is 200 g/mol. The van der Waals surface area contributed by atoms with E-state index in [0.717, 1.165) is 25.0 Å². The van der Waals surface area contributed by atoms with Crippen LogP contribution < -0.4 is 4.74 Å². The first-order chi connectivity index (χ1) is 7.74. The second-order valence-corrected chi connectivity index (χ2v) is 4.48. The number of aryl methyl sites for hydroxylation is 2. The maximum absolute atomic E-state index is 5.55. The number of rotatable bonds is 5. The molecule has 1 aliphatic heterocycles. The van der Waals surface area contributed by atoms with E-state index in [4.69, 9.17) is 9.47 Å². The molecule has 2 heteroatoms. The summed E-state index contributed by atoms with van der Waals surface area (Å²) in [7, 11) is 1.73. The zero-order valence-electron chi connectivity index (χ0n) is 10.3. The number of benzene rings is 1. The van der Waals surface area contributed by atoms with E-state index in [-0.39, 0.29) is 0 Å². The average Bonchev–Trinajstić information content (AvgIpc) is 3.05. The fraction of sp³-hybridized carbons (Fsp3) is 0.571. The van der Waals surface area contributed by atoms with Crippen LogP contribution in [0.15, 0.2) is 18.2 Å². The van der Waals surface area contributed by atoms with Gasteiger partial charge >= 0.3 is 0 Å². The molecule has 0 bridgehead atoms. The van der Waals surface area contributed by atoms with Gasteiger partial charge in [-0.25, -0.2) is 0 Å². The molecule has 2 nitrogen and oxygen atoms in total. The van der Waals surface area contributed by atoms with E-state index in [0.29, 0.717) is 12.2 Å². The minimum Gasteiger partial charge on any atom is -0.496 e. The van der Waals surface area contributed by atoms with Crippen molar-refractivity contribution >= 4 is 0 Å². The van der Waals surface area contributed by atoms with Gasteiger partial charge in [0.2, 0.25) is 0 Å². The lowest BCUT2D eigenvalue weighted by atomic mass is 10.0. The van der Waals surface area contributed by atoms with Crippen LogP contribution >= 0.6 is 0 Å². The molecule has 0 spiro atoms. The van der Waals surface area contributed by atoms with Gasteiger partial charge < -0.3 is 9.47 Å². The van der Waals surface area contributed by atoms with Crippen molar-refractivity contribution in [1.29, 1.82) is 0 Å². The standard InChI is InChI=1S/C14H20O2/c1-4-12-14(16-12)8-6-11-9-10(2)5-7-13(11)15-3/h5,7,9,12,14H,4,6,8H2,1-3H3. The summed E-state index contributed by atoms with van der Waals surface area (Å²) in [4.78, 5) is 0. The van der Waals surface area contributed by atoms with Gasteiger partial charge in [-0.05, 0) is 37.8 Å². The van der Waals surface area contributed by atoms with Gasteiger partial charge in [-0.1, -0.05) is 24.6 Å². The van der Waals surface area contributed by atoms with E-state index >= 15 is 0 Å². The number of ether oxygens (including phenoxy) is 2. The lowest BCUT2D eigenvalue weighted by Gasteiger charge is -2.08. The Bertz CT molecular complexity index is 360. The van der Waals surface area contributed by atoms with Crippen LogP contribution in [-0.4, -0.2) is 19.3 Å². The van der Waals surface area contributed by atoms with Crippen molar-refractivity contribution < 1.29 is 9.47 Å². The van der Waals surface area contributed by atoms with Gasteiger partial charge in [0.15, 0.2) is 0 Å². The van der Waals surface area contributed by atoms with Crippen LogP contribution in [0.3, 0.4) is 0 Å². The quantitative estimate of drug-likeness (QED) is 0.711. The van der Waals surface area contributed by atoms with Crippen LogP contribution in [-0.2, 0) is 11.2 Å². The third-order valence-corrected chi connectivity index (χ3v) is 3.22. The van der Waals surface area contributed by atoms with Gasteiger partial charge in [-0.15, -0.1) is 0 Å². The number of hydrogen-bond acceptors (Lipinski definition) is 2. The normalized spacial score (nSPS) is 23.2. The first kappa shape index (κ1) is 11.5. The number of methoxy groups -OCH3 is 1. The van der Waals surface area contributed by atoms with Crippen LogP contribution in [0, 0.1) is 6.92 Å². The van der Waals surface area contributed by atoms with Gasteiger partial charge in [-0.3, -0.25) is 0 Å². The van der Waals surface area contributed by atoms with Gasteiger partial charge in [0.1, 0.15) is 5.75 Å². The SMILES string of the molecule is CCC1OC1CCc1cc(C)ccc1OC. The van der Waals surface area contributed by atoms with Gasteiger partial charge in [-0.2, -0.15) is 0 Å². The summed E-state index contributed by atoms with van der Waals surface area (Å²) < 4.78 is 10.9. The molecular formula is C14H20O2. The van der Waals surface area contributed by atoms with Crippen LogP contribution in [0.1, 0.15) is 30.9 Å². The molecule has 0 aliphatic carbocycles. The maximum Gasteiger partial charge on any atom is 0.122 e. The molecule has 0 aromatic heterocycles.